The summed E-state index contributed by atoms with van der Waals surface area (Å²) in [4.78, 5) is 35.1. The van der Waals surface area contributed by atoms with Crippen molar-refractivity contribution >= 4 is 35.2 Å². The first-order chi connectivity index (χ1) is 11.1. The van der Waals surface area contributed by atoms with Gasteiger partial charge in [0.1, 0.15) is 5.50 Å². The SMILES string of the molecule is CCOC(=O)c1ccccc1NC(=O)CSC1NNCC(=O)N1. The molecule has 2 rings (SSSR count). The Labute approximate surface area is 137 Å². The number of carbonyl (C=O) groups excluding carboxylic acids is 3. The molecule has 8 nitrogen and oxygen atoms in total. The van der Waals surface area contributed by atoms with Crippen molar-refractivity contribution in [3.05, 3.63) is 29.8 Å². The standard InChI is InChI=1S/C14H18N4O4S/c1-2-22-13(21)9-5-3-4-6-10(9)16-12(20)8-23-14-17-11(19)7-15-18-14/h3-6,14-15,18H,2,7-8H2,1H3,(H,16,20)(H,17,19). The summed E-state index contributed by atoms with van der Waals surface area (Å²) in [6.45, 7) is 2.17. The maximum atomic E-state index is 12.0. The Morgan fingerprint density at radius 3 is 2.91 bits per heavy atom. The van der Waals surface area contributed by atoms with E-state index in [1.165, 1.54) is 11.8 Å². The molecule has 1 saturated heterocycles. The van der Waals surface area contributed by atoms with Gasteiger partial charge in [0.2, 0.25) is 11.8 Å². The number of ether oxygens (including phenoxy) is 1. The Hall–Kier alpha value is -2.10. The van der Waals surface area contributed by atoms with Crippen molar-refractivity contribution < 1.29 is 19.1 Å². The molecule has 0 aromatic heterocycles. The second-order valence-corrected chi connectivity index (χ2v) is 5.66. The molecule has 2 amide bonds. The van der Waals surface area contributed by atoms with Crippen molar-refractivity contribution in [1.82, 2.24) is 16.2 Å². The summed E-state index contributed by atoms with van der Waals surface area (Å²) in [6.07, 6.45) is 0. The number of benzene rings is 1. The predicted octanol–water partition coefficient (Wildman–Crippen LogP) is 0.0426. The van der Waals surface area contributed by atoms with Gasteiger partial charge < -0.3 is 15.4 Å². The normalized spacial score (nSPS) is 17.3. The van der Waals surface area contributed by atoms with E-state index in [2.05, 4.69) is 21.5 Å². The van der Waals surface area contributed by atoms with Crippen LogP contribution in [0.4, 0.5) is 5.69 Å². The lowest BCUT2D eigenvalue weighted by molar-refractivity contribution is -0.122. The van der Waals surface area contributed by atoms with Gasteiger partial charge in [-0.1, -0.05) is 12.1 Å². The van der Waals surface area contributed by atoms with Gasteiger partial charge >= 0.3 is 5.97 Å². The summed E-state index contributed by atoms with van der Waals surface area (Å²) >= 11 is 1.22. The number of hydrazine groups is 1. The van der Waals surface area contributed by atoms with Crippen LogP contribution in [0.15, 0.2) is 24.3 Å². The quantitative estimate of drug-likeness (QED) is 0.542. The molecule has 1 aliphatic rings. The zero-order valence-electron chi connectivity index (χ0n) is 12.5. The van der Waals surface area contributed by atoms with Crippen molar-refractivity contribution in [2.75, 3.05) is 24.2 Å². The number of carbonyl (C=O) groups is 3. The highest BCUT2D eigenvalue weighted by molar-refractivity contribution is 8.00. The van der Waals surface area contributed by atoms with Gasteiger partial charge in [0, 0.05) is 0 Å². The third-order valence-electron chi connectivity index (χ3n) is 2.85. The molecular formula is C14H18N4O4S. The van der Waals surface area contributed by atoms with Gasteiger partial charge in [-0.2, -0.15) is 0 Å². The number of amides is 2. The van der Waals surface area contributed by atoms with E-state index in [1.807, 2.05) is 0 Å². The Morgan fingerprint density at radius 1 is 1.39 bits per heavy atom. The molecule has 0 spiro atoms. The van der Waals surface area contributed by atoms with Gasteiger partial charge in [0.05, 0.1) is 30.2 Å². The minimum absolute atomic E-state index is 0.108. The lowest BCUT2D eigenvalue weighted by Gasteiger charge is -2.24. The van der Waals surface area contributed by atoms with Gasteiger partial charge in [-0.25, -0.2) is 15.6 Å². The Bertz CT molecular complexity index is 596. The molecule has 1 aromatic rings. The smallest absolute Gasteiger partial charge is 0.340 e. The topological polar surface area (TPSA) is 109 Å². The van der Waals surface area contributed by atoms with Crippen molar-refractivity contribution in [2.24, 2.45) is 0 Å². The van der Waals surface area contributed by atoms with E-state index >= 15 is 0 Å². The fourth-order valence-electron chi connectivity index (χ4n) is 1.86. The Morgan fingerprint density at radius 2 is 2.17 bits per heavy atom. The third kappa shape index (κ3) is 5.23. The second kappa shape index (κ2) is 8.51. The van der Waals surface area contributed by atoms with Gasteiger partial charge in [0.15, 0.2) is 0 Å². The number of nitrogens with one attached hydrogen (secondary N) is 4. The second-order valence-electron chi connectivity index (χ2n) is 4.57. The molecule has 0 aliphatic carbocycles. The van der Waals surface area contributed by atoms with Crippen LogP contribution in [-0.4, -0.2) is 42.2 Å². The molecule has 124 valence electrons. The summed E-state index contributed by atoms with van der Waals surface area (Å²) in [7, 11) is 0. The van der Waals surface area contributed by atoms with E-state index in [-0.39, 0.29) is 36.2 Å². The summed E-state index contributed by atoms with van der Waals surface area (Å²) in [5.74, 6) is -0.805. The molecule has 0 bridgehead atoms. The number of anilines is 1. The molecule has 0 saturated carbocycles. The number of para-hydroxylation sites is 1. The lowest BCUT2D eigenvalue weighted by atomic mass is 10.2. The molecular weight excluding hydrogens is 320 g/mol. The van der Waals surface area contributed by atoms with E-state index in [0.29, 0.717) is 11.3 Å². The fraction of sp³-hybridized carbons (Fsp3) is 0.357. The van der Waals surface area contributed by atoms with E-state index in [0.717, 1.165) is 0 Å². The molecule has 9 heteroatoms. The maximum Gasteiger partial charge on any atom is 0.340 e. The van der Waals surface area contributed by atoms with Gasteiger partial charge in [-0.05, 0) is 19.1 Å². The highest BCUT2D eigenvalue weighted by atomic mass is 32.2. The largest absolute Gasteiger partial charge is 0.462 e. The molecule has 1 aliphatic heterocycles. The summed E-state index contributed by atoms with van der Waals surface area (Å²) < 4.78 is 4.96. The zero-order chi connectivity index (χ0) is 16.7. The average Bonchev–Trinajstić information content (AvgIpc) is 2.54. The first-order valence-electron chi connectivity index (χ1n) is 7.05. The predicted molar refractivity (Wildman–Crippen MR) is 86.6 cm³/mol. The van der Waals surface area contributed by atoms with Gasteiger partial charge in [-0.15, -0.1) is 11.8 Å². The van der Waals surface area contributed by atoms with Gasteiger partial charge in [-0.3, -0.25) is 9.59 Å². The molecule has 1 unspecified atom stereocenters. The van der Waals surface area contributed by atoms with Crippen LogP contribution in [0.25, 0.3) is 0 Å². The van der Waals surface area contributed by atoms with Crippen LogP contribution >= 0.6 is 11.8 Å². The third-order valence-corrected chi connectivity index (χ3v) is 3.85. The van der Waals surface area contributed by atoms with E-state index in [4.69, 9.17) is 4.74 Å². The van der Waals surface area contributed by atoms with Crippen molar-refractivity contribution in [1.29, 1.82) is 0 Å². The minimum Gasteiger partial charge on any atom is -0.462 e. The number of rotatable bonds is 6. The van der Waals surface area contributed by atoms with Crippen LogP contribution in [0.2, 0.25) is 0 Å². The van der Waals surface area contributed by atoms with Crippen molar-refractivity contribution in [2.45, 2.75) is 12.4 Å². The van der Waals surface area contributed by atoms with Crippen LogP contribution in [0, 0.1) is 0 Å². The Balaban J connectivity index is 1.90. The van der Waals surface area contributed by atoms with E-state index in [1.54, 1.807) is 31.2 Å². The molecule has 1 aromatic carbocycles. The summed E-state index contributed by atoms with van der Waals surface area (Å²) in [5.41, 5.74) is 5.88. The van der Waals surface area contributed by atoms with E-state index < -0.39 is 5.97 Å². The number of hydrogen-bond acceptors (Lipinski definition) is 7. The minimum atomic E-state index is -0.485. The number of esters is 1. The molecule has 1 heterocycles. The summed E-state index contributed by atoms with van der Waals surface area (Å²) in [6, 6.07) is 6.65. The fourth-order valence-corrected chi connectivity index (χ4v) is 2.64. The molecule has 4 N–H and O–H groups in total. The van der Waals surface area contributed by atoms with Crippen LogP contribution < -0.4 is 21.5 Å². The zero-order valence-corrected chi connectivity index (χ0v) is 13.4. The van der Waals surface area contributed by atoms with Crippen molar-refractivity contribution in [3.8, 4) is 0 Å². The van der Waals surface area contributed by atoms with Gasteiger partial charge in [0.25, 0.3) is 0 Å². The van der Waals surface area contributed by atoms with Crippen molar-refractivity contribution in [3.63, 3.8) is 0 Å². The first kappa shape index (κ1) is 17.3. The summed E-state index contributed by atoms with van der Waals surface area (Å²) in [5, 5.41) is 5.36. The van der Waals surface area contributed by atoms with Crippen LogP contribution in [0.5, 0.6) is 0 Å². The lowest BCUT2D eigenvalue weighted by Crippen LogP contribution is -2.58. The van der Waals surface area contributed by atoms with Crippen LogP contribution in [0.1, 0.15) is 17.3 Å². The Kier molecular flexibility index (Phi) is 6.39. The first-order valence-corrected chi connectivity index (χ1v) is 8.10. The number of hydrogen-bond donors (Lipinski definition) is 4. The number of thioether (sulfide) groups is 1. The van der Waals surface area contributed by atoms with Crippen LogP contribution in [0.3, 0.4) is 0 Å². The molecule has 1 atom stereocenters. The maximum absolute atomic E-state index is 12.0. The molecule has 0 radical (unpaired) electrons. The monoisotopic (exact) mass is 338 g/mol. The molecule has 1 fully saturated rings. The van der Waals surface area contributed by atoms with Crippen LogP contribution in [-0.2, 0) is 14.3 Å². The average molecular weight is 338 g/mol. The highest BCUT2D eigenvalue weighted by Crippen LogP contribution is 2.17. The highest BCUT2D eigenvalue weighted by Gasteiger charge is 2.19. The molecule has 23 heavy (non-hydrogen) atoms. The van der Waals surface area contributed by atoms with E-state index in [9.17, 15) is 14.4 Å².